The van der Waals surface area contributed by atoms with Crippen LogP contribution in [0.5, 0.6) is 0 Å². The number of halogens is 1. The first-order valence-electron chi connectivity index (χ1n) is 4.51. The summed E-state index contributed by atoms with van der Waals surface area (Å²) in [6, 6.07) is 5.55. The Labute approximate surface area is 87.5 Å². The van der Waals surface area contributed by atoms with Gasteiger partial charge in [-0.1, -0.05) is 6.07 Å². The predicted molar refractivity (Wildman–Crippen MR) is 53.7 cm³/mol. The van der Waals surface area contributed by atoms with Gasteiger partial charge in [0, 0.05) is 0 Å². The van der Waals surface area contributed by atoms with Crippen molar-refractivity contribution in [3.05, 3.63) is 35.1 Å². The minimum absolute atomic E-state index is 0.0392. The van der Waals surface area contributed by atoms with Crippen molar-refractivity contribution in [1.29, 1.82) is 5.26 Å². The van der Waals surface area contributed by atoms with E-state index in [2.05, 4.69) is 5.32 Å². The van der Waals surface area contributed by atoms with E-state index in [0.717, 1.165) is 5.56 Å². The third-order valence-electron chi connectivity index (χ3n) is 1.91. The van der Waals surface area contributed by atoms with Crippen molar-refractivity contribution in [3.8, 4) is 6.07 Å². The van der Waals surface area contributed by atoms with E-state index in [4.69, 9.17) is 5.26 Å². The Kier molecular flexibility index (Phi) is 3.40. The molecule has 1 atom stereocenters. The summed E-state index contributed by atoms with van der Waals surface area (Å²) < 4.78 is 13.3. The maximum absolute atomic E-state index is 13.3. The van der Waals surface area contributed by atoms with Crippen LogP contribution in [0.3, 0.4) is 0 Å². The van der Waals surface area contributed by atoms with E-state index in [0.29, 0.717) is 0 Å². The van der Waals surface area contributed by atoms with E-state index in [1.807, 2.05) is 6.07 Å². The fourth-order valence-electron chi connectivity index (χ4n) is 1.11. The largest absolute Gasteiger partial charge is 0.336 e. The summed E-state index contributed by atoms with van der Waals surface area (Å²) in [5.41, 5.74) is 0.708. The van der Waals surface area contributed by atoms with Gasteiger partial charge in [0.1, 0.15) is 11.9 Å². The first-order chi connectivity index (χ1) is 7.04. The summed E-state index contributed by atoms with van der Waals surface area (Å²) in [5, 5.41) is 10.9. The number of nitrogens with zero attached hydrogens (tertiary/aromatic N) is 1. The zero-order valence-corrected chi connectivity index (χ0v) is 8.54. The van der Waals surface area contributed by atoms with Crippen LogP contribution in [0, 0.1) is 24.1 Å². The van der Waals surface area contributed by atoms with Crippen LogP contribution in [0.2, 0.25) is 0 Å². The Hall–Kier alpha value is -1.89. The minimum Gasteiger partial charge on any atom is -0.336 e. The molecule has 1 amide bonds. The average molecular weight is 206 g/mol. The second kappa shape index (κ2) is 4.56. The molecule has 0 aliphatic carbocycles. The normalized spacial score (nSPS) is 11.6. The van der Waals surface area contributed by atoms with Crippen LogP contribution in [0.15, 0.2) is 18.2 Å². The average Bonchev–Trinajstić information content (AvgIpc) is 2.17. The zero-order chi connectivity index (χ0) is 11.4. The maximum Gasteiger partial charge on any atom is 0.255 e. The zero-order valence-electron chi connectivity index (χ0n) is 8.54. The molecule has 78 valence electrons. The number of carbonyl (C=O) groups is 1. The Morgan fingerprint density at radius 1 is 1.60 bits per heavy atom. The Balaban J connectivity index is 2.88. The van der Waals surface area contributed by atoms with Crippen molar-refractivity contribution < 1.29 is 9.18 Å². The molecule has 0 spiro atoms. The molecular weight excluding hydrogens is 195 g/mol. The van der Waals surface area contributed by atoms with Crippen LogP contribution in [-0.2, 0) is 0 Å². The van der Waals surface area contributed by atoms with Crippen molar-refractivity contribution >= 4 is 5.91 Å². The molecule has 1 aromatic carbocycles. The number of aryl methyl sites for hydroxylation is 1. The van der Waals surface area contributed by atoms with Gasteiger partial charge >= 0.3 is 0 Å². The van der Waals surface area contributed by atoms with E-state index < -0.39 is 17.8 Å². The lowest BCUT2D eigenvalue weighted by Gasteiger charge is -2.07. The highest BCUT2D eigenvalue weighted by molar-refractivity contribution is 5.94. The molecule has 1 rings (SSSR count). The number of amides is 1. The van der Waals surface area contributed by atoms with Gasteiger partial charge in [-0.25, -0.2) is 4.39 Å². The molecule has 1 N–H and O–H groups in total. The number of nitrogens with one attached hydrogen (secondary N) is 1. The molecule has 1 unspecified atom stereocenters. The summed E-state index contributed by atoms with van der Waals surface area (Å²) in [6.07, 6.45) is 0. The van der Waals surface area contributed by atoms with Crippen molar-refractivity contribution in [2.45, 2.75) is 19.9 Å². The first-order valence-corrected chi connectivity index (χ1v) is 4.51. The molecule has 1 aromatic rings. The first kappa shape index (κ1) is 11.2. The van der Waals surface area contributed by atoms with Gasteiger partial charge in [0.05, 0.1) is 11.6 Å². The molecule has 0 radical (unpaired) electrons. The van der Waals surface area contributed by atoms with Gasteiger partial charge in [0.25, 0.3) is 5.91 Å². The van der Waals surface area contributed by atoms with E-state index in [1.54, 1.807) is 13.0 Å². The molecule has 4 heteroatoms. The standard InChI is InChI=1S/C11H11FN2O/c1-7-3-4-9(10(12)5-7)11(15)14-8(2)6-13/h3-5,8H,1-2H3,(H,14,15). The number of hydrogen-bond acceptors (Lipinski definition) is 2. The van der Waals surface area contributed by atoms with Crippen LogP contribution < -0.4 is 5.32 Å². The number of benzene rings is 1. The monoisotopic (exact) mass is 206 g/mol. The molecule has 0 saturated heterocycles. The van der Waals surface area contributed by atoms with E-state index in [1.165, 1.54) is 19.1 Å². The third-order valence-corrected chi connectivity index (χ3v) is 1.91. The van der Waals surface area contributed by atoms with Gasteiger partial charge < -0.3 is 5.32 Å². The molecular formula is C11H11FN2O. The van der Waals surface area contributed by atoms with Gasteiger partial charge in [-0.15, -0.1) is 0 Å². The molecule has 0 aliphatic heterocycles. The summed E-state index contributed by atoms with van der Waals surface area (Å²) in [6.45, 7) is 3.27. The molecule has 0 saturated carbocycles. The van der Waals surface area contributed by atoms with E-state index in [9.17, 15) is 9.18 Å². The third kappa shape index (κ3) is 2.78. The number of hydrogen-bond donors (Lipinski definition) is 1. The van der Waals surface area contributed by atoms with Crippen molar-refractivity contribution in [2.75, 3.05) is 0 Å². The lowest BCUT2D eigenvalue weighted by molar-refractivity contribution is 0.0944. The summed E-state index contributed by atoms with van der Waals surface area (Å²) in [4.78, 5) is 11.4. The topological polar surface area (TPSA) is 52.9 Å². The van der Waals surface area contributed by atoms with Crippen LogP contribution in [0.4, 0.5) is 4.39 Å². The second-order valence-electron chi connectivity index (χ2n) is 3.31. The predicted octanol–water partition coefficient (Wildman–Crippen LogP) is 1.78. The molecule has 0 aliphatic rings. The lowest BCUT2D eigenvalue weighted by atomic mass is 10.1. The van der Waals surface area contributed by atoms with Crippen molar-refractivity contribution in [1.82, 2.24) is 5.32 Å². The highest BCUT2D eigenvalue weighted by Crippen LogP contribution is 2.09. The Morgan fingerprint density at radius 2 is 2.27 bits per heavy atom. The molecule has 0 fully saturated rings. The van der Waals surface area contributed by atoms with Crippen LogP contribution in [0.1, 0.15) is 22.8 Å². The van der Waals surface area contributed by atoms with Gasteiger partial charge in [0.2, 0.25) is 0 Å². The lowest BCUT2D eigenvalue weighted by Crippen LogP contribution is -2.31. The van der Waals surface area contributed by atoms with Crippen LogP contribution >= 0.6 is 0 Å². The highest BCUT2D eigenvalue weighted by Gasteiger charge is 2.13. The van der Waals surface area contributed by atoms with Gasteiger partial charge in [-0.05, 0) is 31.5 Å². The molecule has 15 heavy (non-hydrogen) atoms. The van der Waals surface area contributed by atoms with Crippen LogP contribution in [-0.4, -0.2) is 11.9 Å². The summed E-state index contributed by atoms with van der Waals surface area (Å²) in [7, 11) is 0. The Bertz CT molecular complexity index is 423. The molecule has 3 nitrogen and oxygen atoms in total. The number of rotatable bonds is 2. The van der Waals surface area contributed by atoms with Crippen LogP contribution in [0.25, 0.3) is 0 Å². The van der Waals surface area contributed by atoms with Gasteiger partial charge in [-0.3, -0.25) is 4.79 Å². The summed E-state index contributed by atoms with van der Waals surface area (Å²) >= 11 is 0. The quantitative estimate of drug-likeness (QED) is 0.801. The number of nitriles is 1. The number of carbonyl (C=O) groups excluding carboxylic acids is 1. The molecule has 0 aromatic heterocycles. The van der Waals surface area contributed by atoms with E-state index in [-0.39, 0.29) is 5.56 Å². The SMILES string of the molecule is Cc1ccc(C(=O)NC(C)C#N)c(F)c1. The van der Waals surface area contributed by atoms with Crippen molar-refractivity contribution in [2.24, 2.45) is 0 Å². The fraction of sp³-hybridized carbons (Fsp3) is 0.273. The van der Waals surface area contributed by atoms with Gasteiger partial charge in [0.15, 0.2) is 0 Å². The Morgan fingerprint density at radius 3 is 2.80 bits per heavy atom. The second-order valence-corrected chi connectivity index (χ2v) is 3.31. The van der Waals surface area contributed by atoms with Gasteiger partial charge in [-0.2, -0.15) is 5.26 Å². The maximum atomic E-state index is 13.3. The molecule has 0 bridgehead atoms. The minimum atomic E-state index is -0.627. The molecule has 0 heterocycles. The summed E-state index contributed by atoms with van der Waals surface area (Å²) in [5.74, 6) is -1.14. The highest BCUT2D eigenvalue weighted by atomic mass is 19.1. The smallest absolute Gasteiger partial charge is 0.255 e. The van der Waals surface area contributed by atoms with Crippen molar-refractivity contribution in [3.63, 3.8) is 0 Å². The van der Waals surface area contributed by atoms with E-state index >= 15 is 0 Å². The fourth-order valence-corrected chi connectivity index (χ4v) is 1.11.